The van der Waals surface area contributed by atoms with Gasteiger partial charge in [-0.3, -0.25) is 5.32 Å². The van der Waals surface area contributed by atoms with Crippen LogP contribution in [0.15, 0.2) is 12.1 Å². The summed E-state index contributed by atoms with van der Waals surface area (Å²) in [6.07, 6.45) is 0. The lowest BCUT2D eigenvalue weighted by atomic mass is 10.1. The molecule has 1 heteroatoms. The maximum Gasteiger partial charge on any atom is 0.0457 e. The van der Waals surface area contributed by atoms with E-state index in [4.69, 9.17) is 0 Å². The number of hydrogen-bond acceptors (Lipinski definition) is 0. The Morgan fingerprint density at radius 1 is 0.923 bits per heavy atom. The lowest BCUT2D eigenvalue weighted by Gasteiger charge is -1.99. The number of benzene rings is 1. The number of fused-ring (bicyclic) bond motifs is 1. The first-order valence-corrected chi connectivity index (χ1v) is 4.61. The van der Waals surface area contributed by atoms with Crippen LogP contribution in [-0.4, -0.2) is 0 Å². The van der Waals surface area contributed by atoms with Crippen LogP contribution in [-0.2, 0) is 0 Å². The molecule has 1 radical (unpaired) electrons. The summed E-state index contributed by atoms with van der Waals surface area (Å²) in [5.74, 6) is 0. The molecule has 1 aromatic carbocycles. The Morgan fingerprint density at radius 2 is 1.62 bits per heavy atom. The normalized spacial score (nSPS) is 14.5. The van der Waals surface area contributed by atoms with E-state index < -0.39 is 0 Å². The standard InChI is InChI=1S/C12H14N/c1-7-5-6-11-9(3)13-10(4)12(11)8(7)2/h5-6H,1-4H3. The zero-order chi connectivity index (χ0) is 9.59. The van der Waals surface area contributed by atoms with Gasteiger partial charge in [0.2, 0.25) is 0 Å². The van der Waals surface area contributed by atoms with Crippen molar-refractivity contribution in [2.24, 2.45) is 0 Å². The van der Waals surface area contributed by atoms with E-state index in [0.29, 0.717) is 0 Å². The fraction of sp³-hybridized carbons (Fsp3) is 0.333. The highest BCUT2D eigenvalue weighted by molar-refractivity contribution is 5.62. The molecule has 0 fully saturated rings. The first-order chi connectivity index (χ1) is 6.11. The minimum Gasteiger partial charge on any atom is -0.257 e. The van der Waals surface area contributed by atoms with Gasteiger partial charge in [-0.05, 0) is 38.8 Å². The molecule has 0 aliphatic carbocycles. The average Bonchev–Trinajstić information content (AvgIpc) is 2.35. The third-order valence-electron chi connectivity index (χ3n) is 2.82. The molecule has 1 nitrogen and oxygen atoms in total. The molecular formula is C12H14N. The summed E-state index contributed by atoms with van der Waals surface area (Å²) in [6, 6.07) is 4.35. The molecular weight excluding hydrogens is 158 g/mol. The molecule has 1 aromatic rings. The van der Waals surface area contributed by atoms with Crippen LogP contribution in [0.1, 0.15) is 25.0 Å². The molecule has 0 unspecified atom stereocenters. The van der Waals surface area contributed by atoms with E-state index in [1.165, 1.54) is 21.6 Å². The second-order valence-corrected chi connectivity index (χ2v) is 3.71. The molecule has 0 amide bonds. The Kier molecular flexibility index (Phi) is 1.69. The van der Waals surface area contributed by atoms with Crippen LogP contribution in [0.2, 0.25) is 0 Å². The van der Waals surface area contributed by atoms with Crippen LogP contribution in [0.4, 0.5) is 0 Å². The molecule has 0 saturated carbocycles. The molecule has 2 rings (SSSR count). The van der Waals surface area contributed by atoms with Crippen molar-refractivity contribution >= 4 is 11.4 Å². The number of rotatable bonds is 0. The van der Waals surface area contributed by atoms with Gasteiger partial charge in [0.1, 0.15) is 0 Å². The van der Waals surface area contributed by atoms with Crippen molar-refractivity contribution in [1.82, 2.24) is 5.32 Å². The van der Waals surface area contributed by atoms with Gasteiger partial charge in [-0.15, -0.1) is 0 Å². The fourth-order valence-electron chi connectivity index (χ4n) is 1.95. The van der Waals surface area contributed by atoms with Gasteiger partial charge in [-0.2, -0.15) is 0 Å². The molecule has 0 bridgehead atoms. The van der Waals surface area contributed by atoms with Crippen LogP contribution in [0, 0.1) is 13.8 Å². The Hall–Kier alpha value is -1.24. The Balaban J connectivity index is 3.02. The van der Waals surface area contributed by atoms with Crippen LogP contribution in [0.3, 0.4) is 0 Å². The smallest absolute Gasteiger partial charge is 0.0457 e. The molecule has 13 heavy (non-hydrogen) atoms. The maximum atomic E-state index is 4.49. The summed E-state index contributed by atoms with van der Waals surface area (Å²) in [4.78, 5) is 0. The highest BCUT2D eigenvalue weighted by atomic mass is 14.9. The van der Waals surface area contributed by atoms with E-state index in [-0.39, 0.29) is 0 Å². The Bertz CT molecular complexity index is 481. The third-order valence-corrected chi connectivity index (χ3v) is 2.82. The van der Waals surface area contributed by atoms with E-state index in [1.807, 2.05) is 0 Å². The second kappa shape index (κ2) is 2.63. The summed E-state index contributed by atoms with van der Waals surface area (Å²) in [6.45, 7) is 8.48. The summed E-state index contributed by atoms with van der Waals surface area (Å²) in [5, 5.41) is 7.14. The minimum absolute atomic E-state index is 1.15. The highest BCUT2D eigenvalue weighted by Crippen LogP contribution is 2.05. The van der Waals surface area contributed by atoms with Crippen molar-refractivity contribution < 1.29 is 0 Å². The average molecular weight is 172 g/mol. The highest BCUT2D eigenvalue weighted by Gasteiger charge is 2.09. The zero-order valence-electron chi connectivity index (χ0n) is 8.60. The lowest BCUT2D eigenvalue weighted by Crippen LogP contribution is -2.27. The van der Waals surface area contributed by atoms with E-state index in [1.54, 1.807) is 0 Å². The molecule has 1 aliphatic rings. The first kappa shape index (κ1) is 8.36. The predicted octanol–water partition coefficient (Wildman–Crippen LogP) is 1.18. The number of nitrogens with zero attached hydrogens (tertiary/aromatic N) is 1. The molecule has 0 saturated heterocycles. The fourth-order valence-corrected chi connectivity index (χ4v) is 1.95. The largest absolute Gasteiger partial charge is 0.257 e. The first-order valence-electron chi connectivity index (χ1n) is 4.61. The van der Waals surface area contributed by atoms with Gasteiger partial charge < -0.3 is 0 Å². The van der Waals surface area contributed by atoms with Crippen LogP contribution in [0.5, 0.6) is 0 Å². The van der Waals surface area contributed by atoms with Crippen molar-refractivity contribution in [3.05, 3.63) is 33.7 Å². The van der Waals surface area contributed by atoms with Crippen molar-refractivity contribution in [2.75, 3.05) is 0 Å². The van der Waals surface area contributed by atoms with E-state index in [2.05, 4.69) is 45.1 Å². The molecule has 1 aliphatic heterocycles. The Labute approximate surface area is 78.8 Å². The van der Waals surface area contributed by atoms with Crippen LogP contribution in [0.25, 0.3) is 11.4 Å². The van der Waals surface area contributed by atoms with Crippen molar-refractivity contribution in [3.8, 4) is 0 Å². The zero-order valence-corrected chi connectivity index (χ0v) is 8.60. The van der Waals surface area contributed by atoms with Crippen LogP contribution < -0.4 is 15.8 Å². The quantitative estimate of drug-likeness (QED) is 0.558. The van der Waals surface area contributed by atoms with Gasteiger partial charge in [0, 0.05) is 21.8 Å². The van der Waals surface area contributed by atoms with Gasteiger partial charge in [0.15, 0.2) is 0 Å². The topological polar surface area (TPSA) is 14.1 Å². The van der Waals surface area contributed by atoms with Gasteiger partial charge in [0.25, 0.3) is 0 Å². The third kappa shape index (κ3) is 1.07. The molecule has 0 atom stereocenters. The van der Waals surface area contributed by atoms with Crippen molar-refractivity contribution in [3.63, 3.8) is 0 Å². The van der Waals surface area contributed by atoms with Crippen molar-refractivity contribution in [1.29, 1.82) is 0 Å². The molecule has 67 valence electrons. The summed E-state index contributed by atoms with van der Waals surface area (Å²) in [7, 11) is 0. The van der Waals surface area contributed by atoms with Gasteiger partial charge >= 0.3 is 0 Å². The van der Waals surface area contributed by atoms with E-state index in [0.717, 1.165) is 11.4 Å². The minimum atomic E-state index is 1.15. The van der Waals surface area contributed by atoms with E-state index in [9.17, 15) is 0 Å². The summed E-state index contributed by atoms with van der Waals surface area (Å²) < 4.78 is 0. The molecule has 0 aromatic heterocycles. The van der Waals surface area contributed by atoms with Gasteiger partial charge in [-0.25, -0.2) is 0 Å². The molecule has 0 N–H and O–H groups in total. The number of aryl methyl sites for hydroxylation is 1. The van der Waals surface area contributed by atoms with E-state index >= 15 is 0 Å². The maximum absolute atomic E-state index is 4.49. The monoisotopic (exact) mass is 172 g/mol. The molecule has 1 heterocycles. The lowest BCUT2D eigenvalue weighted by molar-refractivity contribution is 1.19. The summed E-state index contributed by atoms with van der Waals surface area (Å²) >= 11 is 0. The Morgan fingerprint density at radius 3 is 2.31 bits per heavy atom. The van der Waals surface area contributed by atoms with Crippen LogP contribution >= 0.6 is 0 Å². The molecule has 0 spiro atoms. The summed E-state index contributed by atoms with van der Waals surface area (Å²) in [5.41, 5.74) is 5.03. The predicted molar refractivity (Wildman–Crippen MR) is 55.5 cm³/mol. The van der Waals surface area contributed by atoms with Crippen molar-refractivity contribution in [2.45, 2.75) is 27.7 Å². The SMILES string of the molecule is CC1=c2ccc(C)c(C)c2=C(C)[N]1. The van der Waals surface area contributed by atoms with Gasteiger partial charge in [0.05, 0.1) is 0 Å². The second-order valence-electron chi connectivity index (χ2n) is 3.71. The van der Waals surface area contributed by atoms with Gasteiger partial charge in [-0.1, -0.05) is 12.1 Å². The number of hydrogen-bond donors (Lipinski definition) is 0.